The third-order valence-electron chi connectivity index (χ3n) is 9.89. The van der Waals surface area contributed by atoms with Gasteiger partial charge in [-0.1, -0.05) is 19.1 Å². The Morgan fingerprint density at radius 3 is 2.43 bits per heavy atom. The molecule has 0 spiro atoms. The Balaban J connectivity index is 1.34. The highest BCUT2D eigenvalue weighted by Gasteiger charge is 2.45. The van der Waals surface area contributed by atoms with Crippen molar-refractivity contribution in [2.24, 2.45) is 18.9 Å². The van der Waals surface area contributed by atoms with E-state index >= 15 is 0 Å². The molecule has 246 valence electrons. The molecular weight excluding hydrogens is 595 g/mol. The van der Waals surface area contributed by atoms with Gasteiger partial charge in [0.25, 0.3) is 5.91 Å². The lowest BCUT2D eigenvalue weighted by atomic mass is 9.67. The summed E-state index contributed by atoms with van der Waals surface area (Å²) in [5.41, 5.74) is -0.464. The number of aryl methyl sites for hydroxylation is 1. The second-order valence-corrected chi connectivity index (χ2v) is 14.7. The molecule has 2 heterocycles. The fraction of sp³-hybridized carbons (Fsp3) is 0.543. The van der Waals surface area contributed by atoms with Crippen molar-refractivity contribution < 1.29 is 27.5 Å². The van der Waals surface area contributed by atoms with E-state index in [4.69, 9.17) is 4.74 Å². The van der Waals surface area contributed by atoms with Crippen LogP contribution in [0.2, 0.25) is 0 Å². The minimum atomic E-state index is -4.69. The summed E-state index contributed by atoms with van der Waals surface area (Å²) in [5, 5.41) is 8.49. The van der Waals surface area contributed by atoms with Gasteiger partial charge in [0.2, 0.25) is 0 Å². The van der Waals surface area contributed by atoms with Crippen LogP contribution in [0.1, 0.15) is 111 Å². The fourth-order valence-electron chi connectivity index (χ4n) is 7.28. The van der Waals surface area contributed by atoms with Crippen LogP contribution in [-0.2, 0) is 31.1 Å². The molecule has 2 aliphatic carbocycles. The zero-order chi connectivity index (χ0) is 33.2. The molecule has 1 aromatic heterocycles. The number of carbonyl (C=O) groups is 2. The maximum Gasteiger partial charge on any atom is 0.416 e. The number of anilines is 1. The zero-order valence-electron chi connectivity index (χ0n) is 27.3. The van der Waals surface area contributed by atoms with Gasteiger partial charge in [-0.05, 0) is 113 Å². The van der Waals surface area contributed by atoms with E-state index < -0.39 is 34.9 Å². The third-order valence-corrected chi connectivity index (χ3v) is 9.89. The Kier molecular flexibility index (Phi) is 7.96. The molecular formula is C35H42F3N5O3. The SMILES string of the molecule is CC1CC(C(c2cccc(N3Cc4c(cc(CN(C(=O)OC(C)(C)C)C5(C)CCC5)cc4C(F)(F)F)C3=O)c2)c2nncn2C)C1. The van der Waals surface area contributed by atoms with Gasteiger partial charge in [0.05, 0.1) is 12.1 Å². The number of hydrogen-bond acceptors (Lipinski definition) is 5. The summed E-state index contributed by atoms with van der Waals surface area (Å²) in [6, 6.07) is 10.1. The number of hydrogen-bond donors (Lipinski definition) is 0. The van der Waals surface area contributed by atoms with Crippen LogP contribution in [0.4, 0.5) is 23.7 Å². The highest BCUT2D eigenvalue weighted by Crippen LogP contribution is 2.47. The number of amides is 2. The molecule has 1 aliphatic heterocycles. The number of rotatable bonds is 7. The van der Waals surface area contributed by atoms with Crippen LogP contribution in [0.25, 0.3) is 0 Å². The predicted octanol–water partition coefficient (Wildman–Crippen LogP) is 7.85. The standard InChI is InChI=1S/C35H42F3N5O3/c1-21-13-24(14-21)29(30-40-39-20-41(30)6)23-9-7-10-25(17-23)42-19-27-26(31(42)44)15-22(16-28(27)35(36,37)38)18-43(34(5)11-8-12-34)32(45)46-33(2,3)4/h7,9-10,15-17,20-21,24,29H,8,11-14,18-19H2,1-6H3. The number of nitrogens with zero attached hydrogens (tertiary/aromatic N) is 5. The number of halogens is 3. The van der Waals surface area contributed by atoms with Crippen molar-refractivity contribution in [2.75, 3.05) is 4.90 Å². The molecule has 0 radical (unpaired) electrons. The summed E-state index contributed by atoms with van der Waals surface area (Å²) in [7, 11) is 1.90. The summed E-state index contributed by atoms with van der Waals surface area (Å²) in [4.78, 5) is 30.2. The van der Waals surface area contributed by atoms with E-state index in [9.17, 15) is 22.8 Å². The van der Waals surface area contributed by atoms with E-state index in [1.807, 2.05) is 36.7 Å². The van der Waals surface area contributed by atoms with Gasteiger partial charge < -0.3 is 14.2 Å². The zero-order valence-corrected chi connectivity index (χ0v) is 27.3. The van der Waals surface area contributed by atoms with Crippen LogP contribution in [0.15, 0.2) is 42.7 Å². The number of ether oxygens (including phenoxy) is 1. The maximum atomic E-state index is 14.6. The summed E-state index contributed by atoms with van der Waals surface area (Å²) < 4.78 is 51.3. The van der Waals surface area contributed by atoms with Crippen LogP contribution in [0.5, 0.6) is 0 Å². The molecule has 8 nitrogen and oxygen atoms in total. The molecule has 2 fully saturated rings. The third kappa shape index (κ3) is 6.00. The molecule has 46 heavy (non-hydrogen) atoms. The van der Waals surface area contributed by atoms with Crippen LogP contribution in [-0.4, -0.2) is 42.8 Å². The first-order valence-electron chi connectivity index (χ1n) is 16.0. The molecule has 1 unspecified atom stereocenters. The molecule has 6 rings (SSSR count). The smallest absolute Gasteiger partial charge is 0.416 e. The molecule has 3 aliphatic rings. The Bertz CT molecular complexity index is 1650. The van der Waals surface area contributed by atoms with E-state index in [2.05, 4.69) is 17.1 Å². The number of benzene rings is 2. The molecule has 1 atom stereocenters. The number of aromatic nitrogens is 3. The number of carbonyl (C=O) groups excluding carboxylic acids is 2. The highest BCUT2D eigenvalue weighted by molar-refractivity contribution is 6.10. The fourth-order valence-corrected chi connectivity index (χ4v) is 7.28. The van der Waals surface area contributed by atoms with Crippen LogP contribution in [0, 0.1) is 11.8 Å². The summed E-state index contributed by atoms with van der Waals surface area (Å²) in [6.07, 6.45) is 0.833. The van der Waals surface area contributed by atoms with Gasteiger partial charge in [-0.3, -0.25) is 9.69 Å². The minimum Gasteiger partial charge on any atom is -0.444 e. The normalized spacial score (nSPS) is 21.3. The summed E-state index contributed by atoms with van der Waals surface area (Å²) in [6.45, 7) is 9.12. The molecule has 3 aromatic rings. The Morgan fingerprint density at radius 2 is 1.87 bits per heavy atom. The lowest BCUT2D eigenvalue weighted by Gasteiger charge is -2.47. The summed E-state index contributed by atoms with van der Waals surface area (Å²) >= 11 is 0. The highest BCUT2D eigenvalue weighted by atomic mass is 19.4. The van der Waals surface area contributed by atoms with E-state index in [0.717, 1.165) is 49.6 Å². The number of alkyl halides is 3. The van der Waals surface area contributed by atoms with Crippen LogP contribution < -0.4 is 4.90 Å². The van der Waals surface area contributed by atoms with Gasteiger partial charge in [0.1, 0.15) is 17.8 Å². The lowest BCUT2D eigenvalue weighted by molar-refractivity contribution is -0.138. The second-order valence-electron chi connectivity index (χ2n) is 14.7. The van der Waals surface area contributed by atoms with Crippen molar-refractivity contribution in [2.45, 2.75) is 103 Å². The minimum absolute atomic E-state index is 0.01000. The largest absolute Gasteiger partial charge is 0.444 e. The maximum absolute atomic E-state index is 14.6. The first-order chi connectivity index (χ1) is 21.5. The van der Waals surface area contributed by atoms with Crippen LogP contribution >= 0.6 is 0 Å². The van der Waals surface area contributed by atoms with Gasteiger partial charge in [-0.15, -0.1) is 10.2 Å². The van der Waals surface area contributed by atoms with Crippen molar-refractivity contribution >= 4 is 17.7 Å². The molecule has 0 bridgehead atoms. The van der Waals surface area contributed by atoms with Crippen molar-refractivity contribution in [1.82, 2.24) is 19.7 Å². The van der Waals surface area contributed by atoms with E-state index in [0.29, 0.717) is 17.5 Å². The monoisotopic (exact) mass is 637 g/mol. The summed E-state index contributed by atoms with van der Waals surface area (Å²) in [5.74, 6) is 1.23. The topological polar surface area (TPSA) is 80.6 Å². The van der Waals surface area contributed by atoms with Crippen molar-refractivity contribution in [3.8, 4) is 0 Å². The molecule has 11 heteroatoms. The van der Waals surface area contributed by atoms with E-state index in [-0.39, 0.29) is 35.7 Å². The van der Waals surface area contributed by atoms with E-state index in [1.165, 1.54) is 15.9 Å². The molecule has 2 aromatic carbocycles. The molecule has 2 saturated carbocycles. The Hall–Kier alpha value is -3.89. The van der Waals surface area contributed by atoms with E-state index in [1.54, 1.807) is 33.2 Å². The van der Waals surface area contributed by atoms with Gasteiger partial charge in [-0.25, -0.2) is 4.79 Å². The average molecular weight is 638 g/mol. The number of fused-ring (bicyclic) bond motifs is 1. The molecule has 0 N–H and O–H groups in total. The lowest BCUT2D eigenvalue weighted by Crippen LogP contribution is -2.54. The van der Waals surface area contributed by atoms with Crippen molar-refractivity contribution in [3.63, 3.8) is 0 Å². The van der Waals surface area contributed by atoms with Gasteiger partial charge >= 0.3 is 12.3 Å². The molecule has 2 amide bonds. The Labute approximate surface area is 267 Å². The average Bonchev–Trinajstić information content (AvgIpc) is 3.50. The molecule has 0 saturated heterocycles. The first-order valence-corrected chi connectivity index (χ1v) is 16.0. The Morgan fingerprint density at radius 1 is 1.15 bits per heavy atom. The van der Waals surface area contributed by atoms with Gasteiger partial charge in [0.15, 0.2) is 0 Å². The van der Waals surface area contributed by atoms with Crippen molar-refractivity contribution in [3.05, 3.63) is 76.4 Å². The van der Waals surface area contributed by atoms with Gasteiger partial charge in [-0.2, -0.15) is 13.2 Å². The van der Waals surface area contributed by atoms with Gasteiger partial charge in [0, 0.05) is 36.3 Å². The van der Waals surface area contributed by atoms with Crippen LogP contribution in [0.3, 0.4) is 0 Å². The first kappa shape index (κ1) is 32.1. The predicted molar refractivity (Wildman–Crippen MR) is 167 cm³/mol. The quantitative estimate of drug-likeness (QED) is 0.264. The van der Waals surface area contributed by atoms with Crippen molar-refractivity contribution in [1.29, 1.82) is 0 Å². The second kappa shape index (κ2) is 11.4.